The maximum atomic E-state index is 13.1. The molecule has 0 aromatic carbocycles. The Morgan fingerprint density at radius 3 is 2.54 bits per heavy atom. The number of amides is 2. The fourth-order valence-corrected chi connectivity index (χ4v) is 6.83. The van der Waals surface area contributed by atoms with Crippen LogP contribution in [0.2, 0.25) is 5.15 Å². The van der Waals surface area contributed by atoms with Gasteiger partial charge in [0.1, 0.15) is 21.6 Å². The second-order valence-corrected chi connectivity index (χ2v) is 15.6. The lowest BCUT2D eigenvalue weighted by molar-refractivity contribution is -0.189. The fourth-order valence-electron chi connectivity index (χ4n) is 5.99. The van der Waals surface area contributed by atoms with Gasteiger partial charge in [-0.3, -0.25) is 9.52 Å². The molecule has 5 rings (SSSR count). The summed E-state index contributed by atoms with van der Waals surface area (Å²) < 4.78 is 54.6. The molecular weight excluding hydrogens is 695 g/mol. The molecule has 0 bridgehead atoms. The molecule has 50 heavy (non-hydrogen) atoms. The van der Waals surface area contributed by atoms with E-state index in [1.807, 2.05) is 37.8 Å². The highest BCUT2D eigenvalue weighted by atomic mass is 35.5. The van der Waals surface area contributed by atoms with Crippen molar-refractivity contribution < 1.29 is 32.2 Å². The average Bonchev–Trinajstić information content (AvgIpc) is 3.57. The predicted octanol–water partition coefficient (Wildman–Crippen LogP) is 8.09. The third kappa shape index (κ3) is 9.53. The largest absolute Gasteiger partial charge is 0.477 e. The summed E-state index contributed by atoms with van der Waals surface area (Å²) in [5.74, 6) is 1.09. The number of carbonyl (C=O) groups excluding carboxylic acids is 2. The topological polar surface area (TPSA) is 124 Å². The molecule has 1 aliphatic carbocycles. The zero-order valence-corrected chi connectivity index (χ0v) is 30.3. The lowest BCUT2D eigenvalue weighted by Crippen LogP contribution is -2.45. The van der Waals surface area contributed by atoms with Crippen LogP contribution in [0, 0.1) is 11.3 Å². The molecule has 2 amide bonds. The van der Waals surface area contributed by atoms with Gasteiger partial charge < -0.3 is 19.7 Å². The number of alkyl halides is 3. The van der Waals surface area contributed by atoms with Crippen LogP contribution in [0.4, 0.5) is 23.8 Å². The number of anilines is 1. The van der Waals surface area contributed by atoms with Crippen LogP contribution in [0.15, 0.2) is 47.6 Å². The maximum Gasteiger partial charge on any atom is 0.410 e. The van der Waals surface area contributed by atoms with E-state index < -0.39 is 23.1 Å². The zero-order chi connectivity index (χ0) is 36.3. The number of nitrogens with zero attached hydrogens (tertiary/aromatic N) is 5. The van der Waals surface area contributed by atoms with E-state index in [1.165, 1.54) is 10.7 Å². The molecule has 1 unspecified atom stereocenters. The van der Waals surface area contributed by atoms with Crippen LogP contribution in [-0.2, 0) is 4.74 Å². The van der Waals surface area contributed by atoms with Crippen LogP contribution in [0.5, 0.6) is 5.88 Å². The van der Waals surface area contributed by atoms with E-state index in [0.29, 0.717) is 35.7 Å². The first-order chi connectivity index (χ1) is 23.4. The molecule has 16 heteroatoms. The number of nitrogens with one attached hydrogen (secondary N) is 2. The van der Waals surface area contributed by atoms with Crippen molar-refractivity contribution in [2.75, 3.05) is 25.0 Å². The summed E-state index contributed by atoms with van der Waals surface area (Å²) in [7, 11) is 0. The van der Waals surface area contributed by atoms with Gasteiger partial charge in [0.05, 0.1) is 17.6 Å². The van der Waals surface area contributed by atoms with Crippen molar-refractivity contribution in [3.63, 3.8) is 0 Å². The molecule has 0 spiro atoms. The van der Waals surface area contributed by atoms with Crippen LogP contribution < -0.4 is 14.8 Å². The van der Waals surface area contributed by atoms with E-state index in [-0.39, 0.29) is 60.5 Å². The number of carbonyl (C=O) groups is 2. The Bertz CT molecular complexity index is 1680. The molecule has 2 fully saturated rings. The molecular formula is C34H43ClF3N7O4S. The van der Waals surface area contributed by atoms with Crippen LogP contribution in [-0.4, -0.2) is 73.7 Å². The summed E-state index contributed by atoms with van der Waals surface area (Å²) in [5.41, 5.74) is -2.24. The molecule has 3 aromatic heterocycles. The fraction of sp³-hybridized carbons (Fsp3) is 0.559. The SMILES string of the molecule is CC(C)(C)OC(=O)N1CC(CCNc2cccc(SNC(=O)c3ccc(-n4ccc(OCCCC5(C(F)(F)F)CC5)n4)nc3Cl)n2)CC1(C)C. The Labute approximate surface area is 299 Å². The van der Waals surface area contributed by atoms with Crippen LogP contribution >= 0.6 is 23.5 Å². The zero-order valence-electron chi connectivity index (χ0n) is 28.8. The molecule has 1 aliphatic heterocycles. The summed E-state index contributed by atoms with van der Waals surface area (Å²) in [4.78, 5) is 36.3. The molecule has 2 N–H and O–H groups in total. The molecule has 3 aromatic rings. The van der Waals surface area contributed by atoms with E-state index in [9.17, 15) is 22.8 Å². The van der Waals surface area contributed by atoms with Crippen molar-refractivity contribution >= 4 is 41.4 Å². The Hall–Kier alpha value is -3.72. The van der Waals surface area contributed by atoms with Gasteiger partial charge in [-0.25, -0.2) is 19.4 Å². The van der Waals surface area contributed by atoms with Crippen molar-refractivity contribution in [2.24, 2.45) is 11.3 Å². The second kappa shape index (κ2) is 14.9. The summed E-state index contributed by atoms with van der Waals surface area (Å²) in [6.45, 7) is 11.1. The van der Waals surface area contributed by atoms with E-state index in [1.54, 1.807) is 24.4 Å². The van der Waals surface area contributed by atoms with E-state index >= 15 is 0 Å². The van der Waals surface area contributed by atoms with Gasteiger partial charge in [-0.2, -0.15) is 13.2 Å². The molecule has 0 radical (unpaired) electrons. The lowest BCUT2D eigenvalue weighted by Gasteiger charge is -2.33. The molecule has 1 saturated carbocycles. The summed E-state index contributed by atoms with van der Waals surface area (Å²) in [6, 6.07) is 10.1. The summed E-state index contributed by atoms with van der Waals surface area (Å²) >= 11 is 7.40. The monoisotopic (exact) mass is 737 g/mol. The van der Waals surface area contributed by atoms with Crippen molar-refractivity contribution in [3.05, 3.63) is 53.3 Å². The molecule has 1 atom stereocenters. The first-order valence-corrected chi connectivity index (χ1v) is 17.8. The first-order valence-electron chi connectivity index (χ1n) is 16.6. The van der Waals surface area contributed by atoms with Gasteiger partial charge in [-0.05, 0) is 103 Å². The van der Waals surface area contributed by atoms with E-state index in [2.05, 4.69) is 39.0 Å². The minimum absolute atomic E-state index is 0.0344. The second-order valence-electron chi connectivity index (χ2n) is 14.4. The highest BCUT2D eigenvalue weighted by molar-refractivity contribution is 7.97. The summed E-state index contributed by atoms with van der Waals surface area (Å²) in [5, 5.41) is 8.13. The highest BCUT2D eigenvalue weighted by Gasteiger charge is 2.62. The Kier molecular flexibility index (Phi) is 11.2. The number of ether oxygens (including phenoxy) is 2. The third-order valence-corrected chi connectivity index (χ3v) is 9.80. The van der Waals surface area contributed by atoms with Crippen LogP contribution in [0.25, 0.3) is 5.82 Å². The van der Waals surface area contributed by atoms with Gasteiger partial charge in [0, 0.05) is 42.8 Å². The number of likely N-dealkylation sites (tertiary alicyclic amines) is 1. The lowest BCUT2D eigenvalue weighted by atomic mass is 9.94. The van der Waals surface area contributed by atoms with Gasteiger partial charge in [0.2, 0.25) is 5.88 Å². The quantitative estimate of drug-likeness (QED) is 0.102. The van der Waals surface area contributed by atoms with Crippen LogP contribution in [0.1, 0.15) is 83.5 Å². The minimum atomic E-state index is -4.18. The smallest absolute Gasteiger partial charge is 0.410 e. The van der Waals surface area contributed by atoms with Crippen LogP contribution in [0.3, 0.4) is 0 Å². The Morgan fingerprint density at radius 1 is 1.10 bits per heavy atom. The predicted molar refractivity (Wildman–Crippen MR) is 185 cm³/mol. The van der Waals surface area contributed by atoms with Crippen molar-refractivity contribution in [1.29, 1.82) is 0 Å². The highest BCUT2D eigenvalue weighted by Crippen LogP contribution is 2.60. The Balaban J connectivity index is 1.06. The average molecular weight is 738 g/mol. The van der Waals surface area contributed by atoms with Gasteiger partial charge >= 0.3 is 12.3 Å². The number of hydrogen-bond acceptors (Lipinski definition) is 9. The molecule has 4 heterocycles. The first kappa shape index (κ1) is 37.5. The Morgan fingerprint density at radius 2 is 1.86 bits per heavy atom. The van der Waals surface area contributed by atoms with Crippen molar-refractivity contribution in [2.45, 2.75) is 95.5 Å². The van der Waals surface area contributed by atoms with Gasteiger partial charge in [0.25, 0.3) is 5.91 Å². The molecule has 1 saturated heterocycles. The number of pyridine rings is 2. The van der Waals surface area contributed by atoms with Gasteiger partial charge in [0.15, 0.2) is 5.82 Å². The van der Waals surface area contributed by atoms with Crippen molar-refractivity contribution in [1.82, 2.24) is 29.4 Å². The maximum absolute atomic E-state index is 13.1. The normalized spacial score (nSPS) is 18.1. The van der Waals surface area contributed by atoms with E-state index in [0.717, 1.165) is 24.8 Å². The van der Waals surface area contributed by atoms with Gasteiger partial charge in [-0.15, -0.1) is 5.10 Å². The minimum Gasteiger partial charge on any atom is -0.477 e. The summed E-state index contributed by atoms with van der Waals surface area (Å²) in [6.07, 6.45) is -0.512. The number of halogens is 4. The number of rotatable bonds is 13. The van der Waals surface area contributed by atoms with Crippen molar-refractivity contribution in [3.8, 4) is 11.7 Å². The number of hydrogen-bond donors (Lipinski definition) is 2. The molecule has 272 valence electrons. The molecule has 11 nitrogen and oxygen atoms in total. The molecule has 2 aliphatic rings. The number of aromatic nitrogens is 4. The third-order valence-electron chi connectivity index (χ3n) is 8.79. The standard InChI is InChI=1S/C34H43ClF3N7O4S/c1-31(2,3)49-30(47)44-21-22(20-32(44,4)5)12-17-39-24-8-6-9-27(40-24)50-43-29(46)23-10-11-25(41-28(23)35)45-18-13-26(42-45)48-19-7-14-33(15-16-33)34(36,37)38/h6,8-11,13,18,22H,7,12,14-17,19-21H2,1-5H3,(H,39,40)(H,43,46). The van der Waals surface area contributed by atoms with E-state index in [4.69, 9.17) is 21.1 Å². The van der Waals surface area contributed by atoms with Gasteiger partial charge in [-0.1, -0.05) is 17.7 Å².